The number of aryl methyl sites for hydroxylation is 1. The van der Waals surface area contributed by atoms with Gasteiger partial charge in [0.05, 0.1) is 5.56 Å². The topological polar surface area (TPSA) is 100 Å². The molecule has 1 fully saturated rings. The molecule has 2 heterocycles. The van der Waals surface area contributed by atoms with E-state index in [9.17, 15) is 9.59 Å². The van der Waals surface area contributed by atoms with E-state index in [0.717, 1.165) is 52.7 Å². The summed E-state index contributed by atoms with van der Waals surface area (Å²) in [6, 6.07) is 19.9. The van der Waals surface area contributed by atoms with E-state index in [1.807, 2.05) is 12.1 Å². The first kappa shape index (κ1) is 21.0. The standard InChI is InChI=1S/C27H26N4O2/c1-16-2-4-17(5-3-16)22-13-25-23(12-21(22)18-6-8-19(9-7-18)26(28)32)24(15-30-25)27(33)31-20-10-11-29-14-20/h2-9,12-13,15,20,29-30H,10-11,14H2,1H3,(H2,28,32)(H,31,33). The lowest BCUT2D eigenvalue weighted by Gasteiger charge is -2.14. The Morgan fingerprint density at radius 3 is 2.27 bits per heavy atom. The fourth-order valence-electron chi connectivity index (χ4n) is 4.42. The van der Waals surface area contributed by atoms with Crippen LogP contribution in [0.2, 0.25) is 0 Å². The number of nitrogens with one attached hydrogen (secondary N) is 3. The normalized spacial score (nSPS) is 15.6. The number of H-pyrrole nitrogens is 1. The van der Waals surface area contributed by atoms with Gasteiger partial charge in [0.2, 0.25) is 5.91 Å². The van der Waals surface area contributed by atoms with Crippen LogP contribution in [0.15, 0.2) is 66.9 Å². The number of nitrogens with two attached hydrogens (primary N) is 1. The smallest absolute Gasteiger partial charge is 0.253 e. The van der Waals surface area contributed by atoms with Crippen molar-refractivity contribution in [1.82, 2.24) is 15.6 Å². The van der Waals surface area contributed by atoms with E-state index in [4.69, 9.17) is 5.73 Å². The SMILES string of the molecule is Cc1ccc(-c2cc3[nH]cc(C(=O)NC4CCNC4)c3cc2-c2ccc(C(N)=O)cc2)cc1. The van der Waals surface area contributed by atoms with Crippen LogP contribution in [0.1, 0.15) is 32.7 Å². The summed E-state index contributed by atoms with van der Waals surface area (Å²) in [4.78, 5) is 27.8. The number of aromatic amines is 1. The van der Waals surface area contributed by atoms with E-state index in [2.05, 4.69) is 58.9 Å². The molecular formula is C27H26N4O2. The molecule has 0 radical (unpaired) electrons. The summed E-state index contributed by atoms with van der Waals surface area (Å²) in [6.45, 7) is 3.78. The highest BCUT2D eigenvalue weighted by atomic mass is 16.2. The minimum Gasteiger partial charge on any atom is -0.366 e. The number of benzene rings is 3. The number of hydrogen-bond acceptors (Lipinski definition) is 3. The Morgan fingerprint density at radius 1 is 0.970 bits per heavy atom. The molecule has 1 atom stereocenters. The van der Waals surface area contributed by atoms with Crippen molar-refractivity contribution in [3.8, 4) is 22.3 Å². The van der Waals surface area contributed by atoms with Crippen LogP contribution in [-0.2, 0) is 0 Å². The van der Waals surface area contributed by atoms with E-state index in [1.54, 1.807) is 18.3 Å². The zero-order valence-electron chi connectivity index (χ0n) is 18.4. The third-order valence-corrected chi connectivity index (χ3v) is 6.30. The van der Waals surface area contributed by atoms with Crippen molar-refractivity contribution in [2.24, 2.45) is 5.73 Å². The van der Waals surface area contributed by atoms with Crippen LogP contribution in [0.25, 0.3) is 33.2 Å². The van der Waals surface area contributed by atoms with Crippen molar-refractivity contribution in [2.75, 3.05) is 13.1 Å². The molecule has 1 aliphatic heterocycles. The van der Waals surface area contributed by atoms with Gasteiger partial charge in [-0.15, -0.1) is 0 Å². The van der Waals surface area contributed by atoms with E-state index in [0.29, 0.717) is 11.1 Å². The summed E-state index contributed by atoms with van der Waals surface area (Å²) in [5, 5.41) is 7.27. The predicted octanol–water partition coefficient (Wildman–Crippen LogP) is 4.00. The van der Waals surface area contributed by atoms with Gasteiger partial charge in [-0.3, -0.25) is 9.59 Å². The number of aromatic nitrogens is 1. The number of amides is 2. The number of fused-ring (bicyclic) bond motifs is 1. The molecule has 1 saturated heterocycles. The molecule has 0 aliphatic carbocycles. The fourth-order valence-corrected chi connectivity index (χ4v) is 4.42. The fraction of sp³-hybridized carbons (Fsp3) is 0.185. The highest BCUT2D eigenvalue weighted by Crippen LogP contribution is 2.37. The van der Waals surface area contributed by atoms with Crippen LogP contribution in [0, 0.1) is 6.92 Å². The Hall–Kier alpha value is -3.90. The maximum absolute atomic E-state index is 13.0. The summed E-state index contributed by atoms with van der Waals surface area (Å²) < 4.78 is 0. The lowest BCUT2D eigenvalue weighted by Crippen LogP contribution is -2.36. The molecule has 5 rings (SSSR count). The van der Waals surface area contributed by atoms with Crippen molar-refractivity contribution >= 4 is 22.7 Å². The van der Waals surface area contributed by atoms with E-state index in [1.165, 1.54) is 5.56 Å². The van der Waals surface area contributed by atoms with Gasteiger partial charge in [-0.2, -0.15) is 0 Å². The Balaban J connectivity index is 1.63. The van der Waals surface area contributed by atoms with Crippen molar-refractivity contribution in [2.45, 2.75) is 19.4 Å². The van der Waals surface area contributed by atoms with Gasteiger partial charge >= 0.3 is 0 Å². The van der Waals surface area contributed by atoms with Crippen LogP contribution >= 0.6 is 0 Å². The number of rotatable bonds is 5. The average molecular weight is 439 g/mol. The summed E-state index contributed by atoms with van der Waals surface area (Å²) in [7, 11) is 0. The average Bonchev–Trinajstić information content (AvgIpc) is 3.48. The second-order valence-electron chi connectivity index (χ2n) is 8.62. The predicted molar refractivity (Wildman–Crippen MR) is 131 cm³/mol. The largest absolute Gasteiger partial charge is 0.366 e. The number of carbonyl (C=O) groups is 2. The molecule has 5 N–H and O–H groups in total. The van der Waals surface area contributed by atoms with Crippen LogP contribution in [-0.4, -0.2) is 35.9 Å². The Kier molecular flexibility index (Phi) is 5.44. The lowest BCUT2D eigenvalue weighted by atomic mass is 9.91. The number of carbonyl (C=O) groups excluding carboxylic acids is 2. The highest BCUT2D eigenvalue weighted by molar-refractivity contribution is 6.09. The van der Waals surface area contributed by atoms with Crippen LogP contribution < -0.4 is 16.4 Å². The van der Waals surface area contributed by atoms with E-state index >= 15 is 0 Å². The summed E-state index contributed by atoms with van der Waals surface area (Å²) in [6.07, 6.45) is 2.71. The zero-order chi connectivity index (χ0) is 22.9. The molecular weight excluding hydrogens is 412 g/mol. The van der Waals surface area contributed by atoms with Crippen molar-refractivity contribution in [3.63, 3.8) is 0 Å². The quantitative estimate of drug-likeness (QED) is 0.379. The van der Waals surface area contributed by atoms with Crippen LogP contribution in [0.5, 0.6) is 0 Å². The molecule has 166 valence electrons. The number of primary amides is 1. The third kappa shape index (κ3) is 4.13. The maximum Gasteiger partial charge on any atom is 0.253 e. The Labute approximate surface area is 192 Å². The molecule has 2 amide bonds. The third-order valence-electron chi connectivity index (χ3n) is 6.30. The molecule has 0 bridgehead atoms. The van der Waals surface area contributed by atoms with Gasteiger partial charge in [0.15, 0.2) is 0 Å². The molecule has 0 spiro atoms. The van der Waals surface area contributed by atoms with Crippen molar-refractivity contribution in [3.05, 3.63) is 83.6 Å². The molecule has 33 heavy (non-hydrogen) atoms. The first-order chi connectivity index (χ1) is 16.0. The second-order valence-corrected chi connectivity index (χ2v) is 8.62. The van der Waals surface area contributed by atoms with Gasteiger partial charge in [-0.25, -0.2) is 0 Å². The molecule has 1 unspecified atom stereocenters. The van der Waals surface area contributed by atoms with Crippen molar-refractivity contribution in [1.29, 1.82) is 0 Å². The lowest BCUT2D eigenvalue weighted by molar-refractivity contribution is 0.0940. The summed E-state index contributed by atoms with van der Waals surface area (Å²) in [5.41, 5.74) is 12.7. The summed E-state index contributed by atoms with van der Waals surface area (Å²) >= 11 is 0. The van der Waals surface area contributed by atoms with Gasteiger partial charge in [-0.1, -0.05) is 42.0 Å². The van der Waals surface area contributed by atoms with Gasteiger partial charge in [0, 0.05) is 35.2 Å². The second kappa shape index (κ2) is 8.56. The molecule has 4 aromatic rings. The van der Waals surface area contributed by atoms with E-state index < -0.39 is 5.91 Å². The Bertz CT molecular complexity index is 1330. The number of hydrogen-bond donors (Lipinski definition) is 4. The molecule has 3 aromatic carbocycles. The monoisotopic (exact) mass is 438 g/mol. The first-order valence-electron chi connectivity index (χ1n) is 11.1. The molecule has 1 aliphatic rings. The van der Waals surface area contributed by atoms with Gasteiger partial charge in [-0.05, 0) is 66.4 Å². The minimum atomic E-state index is -0.457. The van der Waals surface area contributed by atoms with Crippen LogP contribution in [0.3, 0.4) is 0 Å². The molecule has 6 heteroatoms. The maximum atomic E-state index is 13.0. The van der Waals surface area contributed by atoms with Crippen molar-refractivity contribution < 1.29 is 9.59 Å². The van der Waals surface area contributed by atoms with Gasteiger partial charge in [0.1, 0.15) is 0 Å². The Morgan fingerprint density at radius 2 is 1.64 bits per heavy atom. The first-order valence-corrected chi connectivity index (χ1v) is 11.1. The van der Waals surface area contributed by atoms with Gasteiger partial charge in [0.25, 0.3) is 5.91 Å². The van der Waals surface area contributed by atoms with Crippen LogP contribution in [0.4, 0.5) is 0 Å². The summed E-state index contributed by atoms with van der Waals surface area (Å²) in [5.74, 6) is -0.533. The minimum absolute atomic E-state index is 0.0759. The highest BCUT2D eigenvalue weighted by Gasteiger charge is 2.21. The molecule has 1 aromatic heterocycles. The van der Waals surface area contributed by atoms with Gasteiger partial charge < -0.3 is 21.4 Å². The molecule has 0 saturated carbocycles. The van der Waals surface area contributed by atoms with E-state index in [-0.39, 0.29) is 11.9 Å². The molecule has 6 nitrogen and oxygen atoms in total. The zero-order valence-corrected chi connectivity index (χ0v) is 18.4.